The number of carbonyl (C=O) groups excluding carboxylic acids is 2. The third-order valence-corrected chi connectivity index (χ3v) is 3.96. The minimum absolute atomic E-state index is 0.0814. The topological polar surface area (TPSA) is 88.4 Å². The number of benzene rings is 2. The number of para-hydroxylation sites is 1. The Bertz CT molecular complexity index is 870. The van der Waals surface area contributed by atoms with Gasteiger partial charge in [0.2, 0.25) is 0 Å². The summed E-state index contributed by atoms with van der Waals surface area (Å²) < 4.78 is 10.1. The smallest absolute Gasteiger partial charge is 0.339 e. The summed E-state index contributed by atoms with van der Waals surface area (Å²) in [6.45, 7) is 1.41. The summed E-state index contributed by atoms with van der Waals surface area (Å²) in [5.74, 6) is -1.11. The van der Waals surface area contributed by atoms with Crippen LogP contribution in [-0.4, -0.2) is 25.1 Å². The molecular weight excluding hydrogens is 379 g/mol. The summed E-state index contributed by atoms with van der Waals surface area (Å²) in [5, 5.41) is 11.9. The Balaban J connectivity index is 2.09. The van der Waals surface area contributed by atoms with Crippen molar-refractivity contribution in [3.8, 4) is 11.8 Å². The summed E-state index contributed by atoms with van der Waals surface area (Å²) in [7, 11) is 1.40. The predicted molar refractivity (Wildman–Crippen MR) is 97.7 cm³/mol. The Morgan fingerprint density at radius 3 is 2.38 bits per heavy atom. The lowest BCUT2D eigenvalue weighted by molar-refractivity contribution is -0.123. The number of nitrogens with zero attached hydrogens (tertiary/aromatic N) is 1. The van der Waals surface area contributed by atoms with Crippen LogP contribution in [0.4, 0.5) is 5.69 Å². The van der Waals surface area contributed by atoms with Crippen molar-refractivity contribution in [3.05, 3.63) is 57.6 Å². The van der Waals surface area contributed by atoms with Crippen molar-refractivity contribution < 1.29 is 19.1 Å². The molecule has 0 aliphatic heterocycles. The minimum atomic E-state index is -1.10. The molecule has 2 aromatic rings. The van der Waals surface area contributed by atoms with E-state index < -0.39 is 18.0 Å². The molecule has 1 amide bonds. The Morgan fingerprint density at radius 2 is 1.81 bits per heavy atom. The van der Waals surface area contributed by atoms with Crippen LogP contribution in [-0.2, 0) is 9.53 Å². The van der Waals surface area contributed by atoms with E-state index in [2.05, 4.69) is 5.32 Å². The van der Waals surface area contributed by atoms with Gasteiger partial charge in [-0.05, 0) is 31.2 Å². The first-order chi connectivity index (χ1) is 12.4. The number of ether oxygens (including phenoxy) is 2. The number of esters is 1. The molecule has 0 saturated heterocycles. The van der Waals surface area contributed by atoms with E-state index in [9.17, 15) is 9.59 Å². The summed E-state index contributed by atoms with van der Waals surface area (Å²) in [5.41, 5.74) is 0.712. The van der Waals surface area contributed by atoms with E-state index in [0.29, 0.717) is 11.3 Å². The second-order valence-corrected chi connectivity index (χ2v) is 5.98. The number of nitriles is 1. The summed E-state index contributed by atoms with van der Waals surface area (Å²) in [6.07, 6.45) is -1.10. The third kappa shape index (κ3) is 4.45. The van der Waals surface area contributed by atoms with Gasteiger partial charge >= 0.3 is 5.97 Å². The van der Waals surface area contributed by atoms with Crippen LogP contribution in [0.5, 0.6) is 5.75 Å². The number of carbonyl (C=O) groups is 2. The van der Waals surface area contributed by atoms with Gasteiger partial charge in [-0.1, -0.05) is 35.3 Å². The van der Waals surface area contributed by atoms with Gasteiger partial charge < -0.3 is 14.8 Å². The second kappa shape index (κ2) is 8.56. The van der Waals surface area contributed by atoms with E-state index in [1.165, 1.54) is 26.2 Å². The first-order valence-electron chi connectivity index (χ1n) is 7.41. The maximum atomic E-state index is 12.2. The maximum Gasteiger partial charge on any atom is 0.339 e. The molecule has 1 atom stereocenters. The standard InChI is InChI=1S/C18H14Cl2N2O4/c1-10(17(23)22-15-6-4-3-5-11(15)9-21)26-18(24)12-7-13(19)16(25-2)14(20)8-12/h3-8,10H,1-2H3,(H,22,23)/t10-/m0/s1. The van der Waals surface area contributed by atoms with Gasteiger partial charge in [0.05, 0.1) is 34.0 Å². The quantitative estimate of drug-likeness (QED) is 0.774. The van der Waals surface area contributed by atoms with Crippen LogP contribution in [0.15, 0.2) is 36.4 Å². The number of methoxy groups -OCH3 is 1. The fourth-order valence-corrected chi connectivity index (χ4v) is 2.72. The van der Waals surface area contributed by atoms with Gasteiger partial charge in [-0.3, -0.25) is 4.79 Å². The lowest BCUT2D eigenvalue weighted by Crippen LogP contribution is -2.30. The normalized spacial score (nSPS) is 11.2. The van der Waals surface area contributed by atoms with E-state index in [4.69, 9.17) is 37.9 Å². The SMILES string of the molecule is COc1c(Cl)cc(C(=O)O[C@@H](C)C(=O)Nc2ccccc2C#N)cc1Cl. The first-order valence-corrected chi connectivity index (χ1v) is 8.17. The van der Waals surface area contributed by atoms with Crippen molar-refractivity contribution in [1.82, 2.24) is 0 Å². The highest BCUT2D eigenvalue weighted by molar-refractivity contribution is 6.37. The Hall–Kier alpha value is -2.75. The van der Waals surface area contributed by atoms with E-state index in [-0.39, 0.29) is 21.4 Å². The molecule has 0 unspecified atom stereocenters. The molecule has 2 rings (SSSR count). The first kappa shape index (κ1) is 19.6. The van der Waals surface area contributed by atoms with Gasteiger partial charge in [-0.15, -0.1) is 0 Å². The number of hydrogen-bond acceptors (Lipinski definition) is 5. The van der Waals surface area contributed by atoms with E-state index in [0.717, 1.165) is 0 Å². The highest BCUT2D eigenvalue weighted by Gasteiger charge is 2.21. The Morgan fingerprint density at radius 1 is 1.19 bits per heavy atom. The zero-order valence-corrected chi connectivity index (χ0v) is 15.4. The maximum absolute atomic E-state index is 12.2. The van der Waals surface area contributed by atoms with Crippen molar-refractivity contribution in [3.63, 3.8) is 0 Å². The van der Waals surface area contributed by atoms with Gasteiger partial charge in [0.1, 0.15) is 6.07 Å². The highest BCUT2D eigenvalue weighted by atomic mass is 35.5. The number of nitrogens with one attached hydrogen (secondary N) is 1. The number of hydrogen-bond donors (Lipinski definition) is 1. The molecule has 0 aromatic heterocycles. The van der Waals surface area contributed by atoms with Gasteiger partial charge in [0, 0.05) is 0 Å². The highest BCUT2D eigenvalue weighted by Crippen LogP contribution is 2.34. The van der Waals surface area contributed by atoms with Crippen molar-refractivity contribution >= 4 is 40.8 Å². The van der Waals surface area contributed by atoms with Gasteiger partial charge in [-0.2, -0.15) is 5.26 Å². The number of rotatable bonds is 5. The fraction of sp³-hybridized carbons (Fsp3) is 0.167. The van der Waals surface area contributed by atoms with Gasteiger partial charge in [-0.25, -0.2) is 4.79 Å². The lowest BCUT2D eigenvalue weighted by Gasteiger charge is -2.15. The van der Waals surface area contributed by atoms with Crippen molar-refractivity contribution in [2.75, 3.05) is 12.4 Å². The summed E-state index contributed by atoms with van der Waals surface area (Å²) >= 11 is 12.0. The Labute approximate surface area is 160 Å². The predicted octanol–water partition coefficient (Wildman–Crippen LogP) is 4.06. The Kier molecular flexibility index (Phi) is 6.45. The molecule has 0 aliphatic rings. The second-order valence-electron chi connectivity index (χ2n) is 5.17. The van der Waals surface area contributed by atoms with E-state index >= 15 is 0 Å². The number of anilines is 1. The lowest BCUT2D eigenvalue weighted by atomic mass is 10.2. The summed E-state index contributed by atoms with van der Waals surface area (Å²) in [4.78, 5) is 24.4. The van der Waals surface area contributed by atoms with Crippen LogP contribution in [0, 0.1) is 11.3 Å². The van der Waals surface area contributed by atoms with Gasteiger partial charge in [0.25, 0.3) is 5.91 Å². The zero-order chi connectivity index (χ0) is 19.3. The number of amides is 1. The largest absolute Gasteiger partial charge is 0.494 e. The fourth-order valence-electron chi connectivity index (χ4n) is 2.08. The average Bonchev–Trinajstić information content (AvgIpc) is 2.61. The molecular formula is C18H14Cl2N2O4. The molecule has 1 N–H and O–H groups in total. The minimum Gasteiger partial charge on any atom is -0.494 e. The number of halogens is 2. The van der Waals surface area contributed by atoms with Crippen molar-refractivity contribution in [2.45, 2.75) is 13.0 Å². The molecule has 26 heavy (non-hydrogen) atoms. The zero-order valence-electron chi connectivity index (χ0n) is 13.9. The molecule has 2 aromatic carbocycles. The molecule has 0 heterocycles. The molecule has 0 aliphatic carbocycles. The van der Waals surface area contributed by atoms with Crippen LogP contribution in [0.3, 0.4) is 0 Å². The average molecular weight is 393 g/mol. The monoisotopic (exact) mass is 392 g/mol. The van der Waals surface area contributed by atoms with E-state index in [1.54, 1.807) is 24.3 Å². The van der Waals surface area contributed by atoms with Crippen LogP contribution >= 0.6 is 23.2 Å². The van der Waals surface area contributed by atoms with Crippen molar-refractivity contribution in [2.24, 2.45) is 0 Å². The van der Waals surface area contributed by atoms with Crippen LogP contribution in [0.1, 0.15) is 22.8 Å². The molecule has 0 radical (unpaired) electrons. The molecule has 134 valence electrons. The van der Waals surface area contributed by atoms with Gasteiger partial charge in [0.15, 0.2) is 11.9 Å². The molecule has 0 fully saturated rings. The van der Waals surface area contributed by atoms with Crippen LogP contribution in [0.25, 0.3) is 0 Å². The molecule has 0 spiro atoms. The third-order valence-electron chi connectivity index (χ3n) is 3.40. The van der Waals surface area contributed by atoms with Crippen LogP contribution in [0.2, 0.25) is 10.0 Å². The molecule has 0 bridgehead atoms. The molecule has 8 heteroatoms. The molecule has 0 saturated carbocycles. The van der Waals surface area contributed by atoms with Crippen LogP contribution < -0.4 is 10.1 Å². The van der Waals surface area contributed by atoms with Crippen molar-refractivity contribution in [1.29, 1.82) is 5.26 Å². The summed E-state index contributed by atoms with van der Waals surface area (Å²) in [6, 6.07) is 11.1. The molecule has 6 nitrogen and oxygen atoms in total. The van der Waals surface area contributed by atoms with E-state index in [1.807, 2.05) is 6.07 Å².